The molecular formula is C17H19N3O3S. The first-order chi connectivity index (χ1) is 11.5. The van der Waals surface area contributed by atoms with Gasteiger partial charge in [-0.25, -0.2) is 4.79 Å². The van der Waals surface area contributed by atoms with Crippen molar-refractivity contribution in [1.82, 2.24) is 9.13 Å². The van der Waals surface area contributed by atoms with E-state index < -0.39 is 5.69 Å². The van der Waals surface area contributed by atoms with E-state index in [1.807, 2.05) is 24.3 Å². The number of hydrogen-bond acceptors (Lipinski definition) is 4. The summed E-state index contributed by atoms with van der Waals surface area (Å²) in [5, 5.41) is 0.421. The average Bonchev–Trinajstić information content (AvgIpc) is 2.73. The molecule has 7 heteroatoms. The molecule has 1 aliphatic heterocycles. The van der Waals surface area contributed by atoms with Crippen LogP contribution in [-0.2, 0) is 18.4 Å². The third-order valence-corrected chi connectivity index (χ3v) is 5.35. The van der Waals surface area contributed by atoms with Crippen LogP contribution in [0.15, 0.2) is 51.0 Å². The van der Waals surface area contributed by atoms with E-state index in [1.54, 1.807) is 16.7 Å². The molecule has 1 aliphatic rings. The molecule has 0 bridgehead atoms. The van der Waals surface area contributed by atoms with Crippen LogP contribution in [0.3, 0.4) is 0 Å². The second-order valence-electron chi connectivity index (χ2n) is 5.85. The van der Waals surface area contributed by atoms with Gasteiger partial charge in [0.1, 0.15) is 6.54 Å². The summed E-state index contributed by atoms with van der Waals surface area (Å²) < 4.78 is 2.27. The van der Waals surface area contributed by atoms with Crippen LogP contribution in [0, 0.1) is 0 Å². The van der Waals surface area contributed by atoms with Crippen LogP contribution in [0.2, 0.25) is 0 Å². The first-order valence-corrected chi connectivity index (χ1v) is 8.68. The Hall–Kier alpha value is -2.28. The molecule has 6 nitrogen and oxygen atoms in total. The van der Waals surface area contributed by atoms with Gasteiger partial charge < -0.3 is 4.90 Å². The molecule has 0 fully saturated rings. The zero-order valence-electron chi connectivity index (χ0n) is 13.6. The first-order valence-electron chi connectivity index (χ1n) is 7.80. The Balaban J connectivity index is 1.92. The summed E-state index contributed by atoms with van der Waals surface area (Å²) in [6, 6.07) is 9.11. The summed E-state index contributed by atoms with van der Waals surface area (Å²) in [5.74, 6) is -0.155. The number of aromatic nitrogens is 2. The van der Waals surface area contributed by atoms with Gasteiger partial charge in [-0.3, -0.25) is 18.7 Å². The van der Waals surface area contributed by atoms with E-state index in [0.717, 1.165) is 21.6 Å². The zero-order valence-corrected chi connectivity index (χ0v) is 14.5. The van der Waals surface area contributed by atoms with Gasteiger partial charge in [-0.1, -0.05) is 19.1 Å². The molecule has 24 heavy (non-hydrogen) atoms. The number of fused-ring (bicyclic) bond motifs is 1. The highest BCUT2D eigenvalue weighted by atomic mass is 32.2. The van der Waals surface area contributed by atoms with E-state index in [1.165, 1.54) is 23.9 Å². The monoisotopic (exact) mass is 345 g/mol. The number of thioether (sulfide) groups is 1. The molecule has 0 N–H and O–H groups in total. The van der Waals surface area contributed by atoms with Crippen molar-refractivity contribution in [3.05, 3.63) is 57.4 Å². The number of hydrogen-bond donors (Lipinski definition) is 0. The molecule has 0 aliphatic carbocycles. The van der Waals surface area contributed by atoms with Gasteiger partial charge in [0, 0.05) is 36.0 Å². The van der Waals surface area contributed by atoms with E-state index in [2.05, 4.69) is 6.92 Å². The van der Waals surface area contributed by atoms with Crippen molar-refractivity contribution in [3.8, 4) is 0 Å². The fraction of sp³-hybridized carbons (Fsp3) is 0.353. The normalized spacial score (nSPS) is 17.2. The van der Waals surface area contributed by atoms with Crippen LogP contribution in [0.1, 0.15) is 13.3 Å². The average molecular weight is 345 g/mol. The maximum absolute atomic E-state index is 12.8. The Morgan fingerprint density at radius 1 is 1.25 bits per heavy atom. The molecule has 1 aromatic carbocycles. The lowest BCUT2D eigenvalue weighted by molar-refractivity contribution is -0.119. The lowest BCUT2D eigenvalue weighted by atomic mass is 10.2. The number of nitrogens with zero attached hydrogens (tertiary/aromatic N) is 3. The van der Waals surface area contributed by atoms with Gasteiger partial charge >= 0.3 is 5.69 Å². The van der Waals surface area contributed by atoms with Crippen molar-refractivity contribution in [2.75, 3.05) is 11.4 Å². The van der Waals surface area contributed by atoms with Gasteiger partial charge in [0.25, 0.3) is 5.56 Å². The van der Waals surface area contributed by atoms with Crippen molar-refractivity contribution in [3.63, 3.8) is 0 Å². The molecule has 1 unspecified atom stereocenters. The van der Waals surface area contributed by atoms with E-state index in [0.29, 0.717) is 11.8 Å². The van der Waals surface area contributed by atoms with Crippen molar-refractivity contribution in [2.24, 2.45) is 7.05 Å². The zero-order chi connectivity index (χ0) is 17.3. The molecule has 2 aromatic rings. The Kier molecular flexibility index (Phi) is 4.62. The number of carbonyl (C=O) groups is 1. The summed E-state index contributed by atoms with van der Waals surface area (Å²) in [7, 11) is 1.41. The fourth-order valence-corrected chi connectivity index (χ4v) is 3.83. The van der Waals surface area contributed by atoms with Gasteiger partial charge in [0.05, 0.1) is 5.69 Å². The highest BCUT2D eigenvalue weighted by Gasteiger charge is 2.24. The summed E-state index contributed by atoms with van der Waals surface area (Å²) in [5.41, 5.74) is 0.0189. The minimum atomic E-state index is -0.485. The van der Waals surface area contributed by atoms with Crippen molar-refractivity contribution >= 4 is 23.4 Å². The smallest absolute Gasteiger partial charge is 0.310 e. The van der Waals surface area contributed by atoms with Crippen molar-refractivity contribution in [1.29, 1.82) is 0 Å². The van der Waals surface area contributed by atoms with Crippen molar-refractivity contribution < 1.29 is 4.79 Å². The fourth-order valence-electron chi connectivity index (χ4n) is 2.71. The summed E-state index contributed by atoms with van der Waals surface area (Å²) in [6.45, 7) is 2.68. The molecule has 126 valence electrons. The highest BCUT2D eigenvalue weighted by Crippen LogP contribution is 2.37. The number of anilines is 1. The van der Waals surface area contributed by atoms with Crippen LogP contribution in [0.5, 0.6) is 0 Å². The van der Waals surface area contributed by atoms with E-state index in [-0.39, 0.29) is 18.0 Å². The first kappa shape index (κ1) is 16.6. The van der Waals surface area contributed by atoms with E-state index in [4.69, 9.17) is 0 Å². The lowest BCUT2D eigenvalue weighted by Gasteiger charge is -2.23. The van der Waals surface area contributed by atoms with Crippen LogP contribution >= 0.6 is 11.8 Å². The molecule has 2 heterocycles. The molecule has 0 spiro atoms. The number of amides is 1. The van der Waals surface area contributed by atoms with Gasteiger partial charge in [-0.15, -0.1) is 11.8 Å². The lowest BCUT2D eigenvalue weighted by Crippen LogP contribution is -2.42. The van der Waals surface area contributed by atoms with Crippen LogP contribution in [0.4, 0.5) is 5.69 Å². The quantitative estimate of drug-likeness (QED) is 0.827. The number of rotatable bonds is 2. The van der Waals surface area contributed by atoms with E-state index in [9.17, 15) is 14.4 Å². The number of benzene rings is 1. The van der Waals surface area contributed by atoms with Gasteiger partial charge in [0.2, 0.25) is 5.91 Å². The number of carbonyl (C=O) groups excluding carboxylic acids is 1. The molecule has 0 radical (unpaired) electrons. The molecule has 0 saturated heterocycles. The summed E-state index contributed by atoms with van der Waals surface area (Å²) in [6.07, 6.45) is 2.26. The van der Waals surface area contributed by atoms with Gasteiger partial charge in [-0.2, -0.15) is 0 Å². The standard InChI is InChI=1S/C17H19N3O3S/c1-12-7-10-20(13-5-3-4-6-14(13)24-12)16(22)11-19-9-8-15(21)18(2)17(19)23/h3-6,8-9,12H,7,10-11H2,1-2H3. The SMILES string of the molecule is CC1CCN(C(=O)Cn2ccc(=O)n(C)c2=O)c2ccccc2S1. The Morgan fingerprint density at radius 3 is 2.79 bits per heavy atom. The van der Waals surface area contributed by atoms with Gasteiger partial charge in [0.15, 0.2) is 0 Å². The third-order valence-electron chi connectivity index (χ3n) is 4.11. The second kappa shape index (κ2) is 6.68. The van der Waals surface area contributed by atoms with Crippen LogP contribution < -0.4 is 16.1 Å². The Morgan fingerprint density at radius 2 is 2.00 bits per heavy atom. The summed E-state index contributed by atoms with van der Waals surface area (Å²) >= 11 is 1.76. The predicted octanol–water partition coefficient (Wildman–Crippen LogP) is 1.46. The molecule has 1 aromatic heterocycles. The predicted molar refractivity (Wildman–Crippen MR) is 94.7 cm³/mol. The highest BCUT2D eigenvalue weighted by molar-refractivity contribution is 8.00. The molecule has 1 amide bonds. The third kappa shape index (κ3) is 3.17. The van der Waals surface area contributed by atoms with Gasteiger partial charge in [-0.05, 0) is 18.6 Å². The largest absolute Gasteiger partial charge is 0.331 e. The Labute approximate surface area is 143 Å². The van der Waals surface area contributed by atoms with Crippen LogP contribution in [0.25, 0.3) is 0 Å². The maximum Gasteiger partial charge on any atom is 0.331 e. The van der Waals surface area contributed by atoms with Crippen molar-refractivity contribution in [2.45, 2.75) is 30.0 Å². The molecule has 1 atom stereocenters. The maximum atomic E-state index is 12.8. The van der Waals surface area contributed by atoms with Crippen LogP contribution in [-0.4, -0.2) is 26.8 Å². The topological polar surface area (TPSA) is 64.3 Å². The Bertz CT molecular complexity index is 887. The molecule has 0 saturated carbocycles. The minimum absolute atomic E-state index is 0.0830. The minimum Gasteiger partial charge on any atom is -0.310 e. The second-order valence-corrected chi connectivity index (χ2v) is 7.33. The molecular weight excluding hydrogens is 326 g/mol. The number of para-hydroxylation sites is 1. The molecule has 3 rings (SSSR count). The summed E-state index contributed by atoms with van der Waals surface area (Å²) in [4.78, 5) is 39.2. The van der Waals surface area contributed by atoms with E-state index >= 15 is 0 Å².